The number of thiazole rings is 1. The van der Waals surface area contributed by atoms with Gasteiger partial charge in [0, 0.05) is 24.4 Å². The van der Waals surface area contributed by atoms with Gasteiger partial charge in [-0.25, -0.2) is 13.4 Å². The van der Waals surface area contributed by atoms with Crippen LogP contribution in [0.1, 0.15) is 40.1 Å². The number of nitrogens with zero attached hydrogens (tertiary/aromatic N) is 2. The fourth-order valence-electron chi connectivity index (χ4n) is 4.10. The SMILES string of the molecule is Cc1cc(C)c(S(=O)(=O)N2CCc3nc(NC(=O)C4CCCO4)sc3C2)c(C)c1. The largest absolute Gasteiger partial charge is 0.368 e. The Morgan fingerprint density at radius 1 is 1.28 bits per heavy atom. The van der Waals surface area contributed by atoms with E-state index in [2.05, 4.69) is 10.3 Å². The molecule has 1 amide bonds. The summed E-state index contributed by atoms with van der Waals surface area (Å²) in [5, 5.41) is 3.34. The lowest BCUT2D eigenvalue weighted by Gasteiger charge is -2.27. The fraction of sp³-hybridized carbons (Fsp3) is 0.500. The summed E-state index contributed by atoms with van der Waals surface area (Å²) in [5.74, 6) is -0.177. The summed E-state index contributed by atoms with van der Waals surface area (Å²) in [6.45, 7) is 6.91. The van der Waals surface area contributed by atoms with Crippen LogP contribution in [0.2, 0.25) is 0 Å². The van der Waals surface area contributed by atoms with Gasteiger partial charge in [-0.3, -0.25) is 10.1 Å². The molecule has 156 valence electrons. The minimum atomic E-state index is -3.60. The number of aromatic nitrogens is 1. The molecule has 4 rings (SSSR count). The second-order valence-corrected chi connectivity index (χ2v) is 10.7. The lowest BCUT2D eigenvalue weighted by Crippen LogP contribution is -2.36. The van der Waals surface area contributed by atoms with Crippen LogP contribution < -0.4 is 5.32 Å². The number of hydrogen-bond acceptors (Lipinski definition) is 6. The molecule has 1 aromatic heterocycles. The van der Waals surface area contributed by atoms with Crippen molar-refractivity contribution in [3.8, 4) is 0 Å². The van der Waals surface area contributed by atoms with E-state index in [-0.39, 0.29) is 12.5 Å². The molecule has 1 unspecified atom stereocenters. The number of anilines is 1. The minimum absolute atomic E-state index is 0.177. The number of carbonyl (C=O) groups is 1. The molecule has 0 aliphatic carbocycles. The Bertz CT molecular complexity index is 1030. The van der Waals surface area contributed by atoms with Gasteiger partial charge in [-0.05, 0) is 44.7 Å². The van der Waals surface area contributed by atoms with E-state index in [0.717, 1.165) is 40.1 Å². The van der Waals surface area contributed by atoms with Gasteiger partial charge in [0.25, 0.3) is 5.91 Å². The van der Waals surface area contributed by atoms with Crippen LogP contribution in [0.4, 0.5) is 5.13 Å². The average Bonchev–Trinajstić information content (AvgIpc) is 3.29. The molecule has 0 radical (unpaired) electrons. The maximum Gasteiger partial charge on any atom is 0.255 e. The first-order chi connectivity index (χ1) is 13.8. The number of aryl methyl sites for hydroxylation is 3. The van der Waals surface area contributed by atoms with Gasteiger partial charge in [0.2, 0.25) is 10.0 Å². The van der Waals surface area contributed by atoms with Crippen LogP contribution in [0.25, 0.3) is 0 Å². The number of hydrogen-bond donors (Lipinski definition) is 1. The zero-order valence-electron chi connectivity index (χ0n) is 16.8. The molecule has 1 fully saturated rings. The van der Waals surface area contributed by atoms with Crippen molar-refractivity contribution >= 4 is 32.4 Å². The third-order valence-electron chi connectivity index (χ3n) is 5.35. The molecule has 7 nitrogen and oxygen atoms in total. The van der Waals surface area contributed by atoms with Crippen molar-refractivity contribution in [3.63, 3.8) is 0 Å². The maximum absolute atomic E-state index is 13.3. The molecule has 1 atom stereocenters. The molecule has 2 aliphatic heterocycles. The number of carbonyl (C=O) groups excluding carboxylic acids is 1. The third-order valence-corrected chi connectivity index (χ3v) is 8.50. The molecule has 1 saturated heterocycles. The Hall–Kier alpha value is -1.81. The summed E-state index contributed by atoms with van der Waals surface area (Å²) < 4.78 is 33.6. The number of fused-ring (bicyclic) bond motifs is 1. The molecule has 0 saturated carbocycles. The van der Waals surface area contributed by atoms with Crippen LogP contribution >= 0.6 is 11.3 Å². The highest BCUT2D eigenvalue weighted by Crippen LogP contribution is 2.33. The van der Waals surface area contributed by atoms with Gasteiger partial charge in [-0.15, -0.1) is 11.3 Å². The highest BCUT2D eigenvalue weighted by Gasteiger charge is 2.33. The van der Waals surface area contributed by atoms with E-state index in [1.54, 1.807) is 0 Å². The van der Waals surface area contributed by atoms with E-state index in [0.29, 0.717) is 29.6 Å². The van der Waals surface area contributed by atoms with E-state index < -0.39 is 16.1 Å². The number of benzene rings is 1. The van der Waals surface area contributed by atoms with Crippen molar-refractivity contribution in [2.75, 3.05) is 18.5 Å². The third kappa shape index (κ3) is 3.96. The Morgan fingerprint density at radius 2 is 2.00 bits per heavy atom. The van der Waals surface area contributed by atoms with Gasteiger partial charge >= 0.3 is 0 Å². The van der Waals surface area contributed by atoms with Crippen LogP contribution in [0.5, 0.6) is 0 Å². The van der Waals surface area contributed by atoms with Gasteiger partial charge in [0.1, 0.15) is 6.10 Å². The van der Waals surface area contributed by atoms with E-state index in [1.165, 1.54) is 15.6 Å². The van der Waals surface area contributed by atoms with Crippen molar-refractivity contribution in [1.82, 2.24) is 9.29 Å². The summed E-state index contributed by atoms with van der Waals surface area (Å²) in [6, 6.07) is 3.81. The number of sulfonamides is 1. The summed E-state index contributed by atoms with van der Waals surface area (Å²) in [6.07, 6.45) is 1.72. The molecule has 29 heavy (non-hydrogen) atoms. The molecular weight excluding hydrogens is 410 g/mol. The highest BCUT2D eigenvalue weighted by atomic mass is 32.2. The lowest BCUT2D eigenvalue weighted by atomic mass is 10.1. The van der Waals surface area contributed by atoms with Crippen molar-refractivity contribution in [2.45, 2.75) is 57.6 Å². The molecule has 2 aromatic rings. The number of ether oxygens (including phenoxy) is 1. The standard InChI is InChI=1S/C20H25N3O4S2/c1-12-9-13(2)18(14(3)10-12)29(25,26)23-7-6-15-17(11-23)28-20(21-15)22-19(24)16-5-4-8-27-16/h9-10,16H,4-8,11H2,1-3H3,(H,21,22,24). The van der Waals surface area contributed by atoms with E-state index in [9.17, 15) is 13.2 Å². The van der Waals surface area contributed by atoms with Gasteiger partial charge in [0.05, 0.1) is 17.1 Å². The van der Waals surface area contributed by atoms with Crippen LogP contribution in [0.3, 0.4) is 0 Å². The van der Waals surface area contributed by atoms with Gasteiger partial charge in [-0.2, -0.15) is 4.31 Å². The average molecular weight is 436 g/mol. The number of amides is 1. The monoisotopic (exact) mass is 435 g/mol. The second-order valence-electron chi connectivity index (χ2n) is 7.70. The summed E-state index contributed by atoms with van der Waals surface area (Å²) in [7, 11) is -3.60. The molecular formula is C20H25N3O4S2. The Kier molecular flexibility index (Phi) is 5.50. The first-order valence-corrected chi connectivity index (χ1v) is 12.0. The van der Waals surface area contributed by atoms with Crippen LogP contribution in [-0.2, 0) is 32.5 Å². The zero-order valence-corrected chi connectivity index (χ0v) is 18.5. The maximum atomic E-state index is 13.3. The summed E-state index contributed by atoms with van der Waals surface area (Å²) in [5.41, 5.74) is 3.44. The molecule has 9 heteroatoms. The topological polar surface area (TPSA) is 88.6 Å². The minimum Gasteiger partial charge on any atom is -0.368 e. The number of rotatable bonds is 4. The molecule has 1 N–H and O–H groups in total. The van der Waals surface area contributed by atoms with Gasteiger partial charge < -0.3 is 4.74 Å². The normalized spacial score (nSPS) is 19.9. The predicted octanol–water partition coefficient (Wildman–Crippen LogP) is 2.93. The van der Waals surface area contributed by atoms with Crippen molar-refractivity contribution in [2.24, 2.45) is 0 Å². The quantitative estimate of drug-likeness (QED) is 0.798. The van der Waals surface area contributed by atoms with Gasteiger partial charge in [0.15, 0.2) is 5.13 Å². The van der Waals surface area contributed by atoms with Gasteiger partial charge in [-0.1, -0.05) is 17.7 Å². The van der Waals surface area contributed by atoms with Crippen LogP contribution in [-0.4, -0.2) is 42.9 Å². The second kappa shape index (κ2) is 7.79. The first kappa shape index (κ1) is 20.5. The van der Waals surface area contributed by atoms with E-state index >= 15 is 0 Å². The zero-order chi connectivity index (χ0) is 20.8. The Labute approximate surface area is 175 Å². The Morgan fingerprint density at radius 3 is 2.66 bits per heavy atom. The van der Waals surface area contributed by atoms with Crippen molar-refractivity contribution in [3.05, 3.63) is 39.4 Å². The summed E-state index contributed by atoms with van der Waals surface area (Å²) in [4.78, 5) is 18.0. The van der Waals surface area contributed by atoms with Crippen molar-refractivity contribution in [1.29, 1.82) is 0 Å². The molecule has 0 spiro atoms. The Balaban J connectivity index is 1.54. The van der Waals surface area contributed by atoms with E-state index in [4.69, 9.17) is 4.74 Å². The molecule has 0 bridgehead atoms. The van der Waals surface area contributed by atoms with E-state index in [1.807, 2.05) is 32.9 Å². The predicted molar refractivity (Wildman–Crippen MR) is 112 cm³/mol. The van der Waals surface area contributed by atoms with Crippen molar-refractivity contribution < 1.29 is 17.9 Å². The van der Waals surface area contributed by atoms with Crippen LogP contribution in [0.15, 0.2) is 17.0 Å². The smallest absolute Gasteiger partial charge is 0.255 e. The lowest BCUT2D eigenvalue weighted by molar-refractivity contribution is -0.124. The summed E-state index contributed by atoms with van der Waals surface area (Å²) >= 11 is 1.34. The molecule has 3 heterocycles. The molecule has 1 aromatic carbocycles. The highest BCUT2D eigenvalue weighted by molar-refractivity contribution is 7.89. The first-order valence-electron chi connectivity index (χ1n) is 9.75. The molecule has 2 aliphatic rings. The number of nitrogens with one attached hydrogen (secondary N) is 1. The fourth-order valence-corrected chi connectivity index (χ4v) is 7.03. The van der Waals surface area contributed by atoms with Crippen LogP contribution in [0, 0.1) is 20.8 Å².